The Labute approximate surface area is 203 Å². The van der Waals surface area contributed by atoms with E-state index in [0.717, 1.165) is 11.8 Å². The van der Waals surface area contributed by atoms with Crippen molar-refractivity contribution in [2.24, 2.45) is 0 Å². The molecule has 0 saturated carbocycles. The van der Waals surface area contributed by atoms with Gasteiger partial charge < -0.3 is 15.2 Å². The van der Waals surface area contributed by atoms with E-state index < -0.39 is 15.8 Å². The second kappa shape index (κ2) is 11.2. The Morgan fingerprint density at radius 1 is 1.09 bits per heavy atom. The molecule has 1 aromatic heterocycles. The molecule has 0 aliphatic carbocycles. The van der Waals surface area contributed by atoms with Gasteiger partial charge in [-0.2, -0.15) is 0 Å². The summed E-state index contributed by atoms with van der Waals surface area (Å²) in [6.45, 7) is 3.97. The monoisotopic (exact) mass is 499 g/mol. The molecule has 14 heteroatoms. The highest BCUT2D eigenvalue weighted by Gasteiger charge is 2.17. The van der Waals surface area contributed by atoms with Crippen LogP contribution in [0.5, 0.6) is 0 Å². The molecular weight excluding hydrogens is 478 g/mol. The minimum Gasteiger partial charge on any atom is -0.345 e. The summed E-state index contributed by atoms with van der Waals surface area (Å²) in [4.78, 5) is 45.6. The topological polar surface area (TPSA) is 175 Å². The van der Waals surface area contributed by atoms with Crippen molar-refractivity contribution in [2.45, 2.75) is 32.1 Å². The lowest BCUT2D eigenvalue weighted by atomic mass is 10.2. The molecule has 0 aliphatic heterocycles. The van der Waals surface area contributed by atoms with E-state index in [1.54, 1.807) is 23.6 Å². The van der Waals surface area contributed by atoms with Crippen LogP contribution < -0.4 is 10.6 Å². The first-order chi connectivity index (χ1) is 16.7. The molecule has 0 spiro atoms. The zero-order chi connectivity index (χ0) is 25.5. The molecule has 3 rings (SSSR count). The van der Waals surface area contributed by atoms with Gasteiger partial charge in [-0.15, -0.1) is 10.2 Å². The lowest BCUT2D eigenvalue weighted by Gasteiger charge is -2.09. The highest BCUT2D eigenvalue weighted by Crippen LogP contribution is 2.23. The van der Waals surface area contributed by atoms with Crippen molar-refractivity contribution in [1.82, 2.24) is 20.1 Å². The average molecular weight is 500 g/mol. The maximum absolute atomic E-state index is 12.4. The third-order valence-corrected chi connectivity index (χ3v) is 5.82. The summed E-state index contributed by atoms with van der Waals surface area (Å²) in [5.74, 6) is -0.442. The number of nitro groups is 2. The van der Waals surface area contributed by atoms with Crippen molar-refractivity contribution in [1.29, 1.82) is 0 Å². The van der Waals surface area contributed by atoms with Crippen LogP contribution in [0.25, 0.3) is 0 Å². The Bertz CT molecular complexity index is 1290. The molecule has 35 heavy (non-hydrogen) atoms. The number of aryl methyl sites for hydroxylation is 1. The molecule has 0 saturated heterocycles. The quantitative estimate of drug-likeness (QED) is 0.241. The van der Waals surface area contributed by atoms with Gasteiger partial charge in [0.05, 0.1) is 22.1 Å². The van der Waals surface area contributed by atoms with Crippen LogP contribution in [-0.4, -0.2) is 42.2 Å². The normalized spacial score (nSPS) is 10.6. The van der Waals surface area contributed by atoms with Gasteiger partial charge in [-0.3, -0.25) is 29.8 Å². The van der Waals surface area contributed by atoms with Crippen molar-refractivity contribution in [3.63, 3.8) is 0 Å². The first kappa shape index (κ1) is 25.3. The van der Waals surface area contributed by atoms with E-state index in [1.165, 1.54) is 30.3 Å². The van der Waals surface area contributed by atoms with Crippen LogP contribution in [0.1, 0.15) is 28.7 Å². The van der Waals surface area contributed by atoms with E-state index in [2.05, 4.69) is 20.8 Å². The van der Waals surface area contributed by atoms with Gasteiger partial charge in [-0.1, -0.05) is 23.9 Å². The Morgan fingerprint density at radius 2 is 1.86 bits per heavy atom. The number of hydrogen-bond acceptors (Lipinski definition) is 9. The molecular formula is C21H21N7O6S. The number of non-ortho nitro benzene ring substituents is 1. The molecule has 13 nitrogen and oxygen atoms in total. The lowest BCUT2D eigenvalue weighted by molar-refractivity contribution is -0.385. The van der Waals surface area contributed by atoms with E-state index in [-0.39, 0.29) is 35.1 Å². The molecule has 2 N–H and O–H groups in total. The van der Waals surface area contributed by atoms with Gasteiger partial charge >= 0.3 is 0 Å². The zero-order valence-corrected chi connectivity index (χ0v) is 19.6. The fourth-order valence-electron chi connectivity index (χ4n) is 3.11. The number of amides is 2. The van der Waals surface area contributed by atoms with E-state index in [0.29, 0.717) is 28.8 Å². The average Bonchev–Trinajstić information content (AvgIpc) is 3.24. The number of nitrogens with zero attached hydrogens (tertiary/aromatic N) is 5. The Kier molecular flexibility index (Phi) is 8.09. The van der Waals surface area contributed by atoms with E-state index in [4.69, 9.17) is 0 Å². The van der Waals surface area contributed by atoms with Gasteiger partial charge in [0.1, 0.15) is 0 Å². The summed E-state index contributed by atoms with van der Waals surface area (Å²) in [5.41, 5.74) is 0.673. The minimum atomic E-state index is -0.579. The number of nitro benzene ring substituents is 2. The zero-order valence-electron chi connectivity index (χ0n) is 18.8. The molecule has 0 aliphatic rings. The van der Waals surface area contributed by atoms with Crippen molar-refractivity contribution >= 4 is 40.6 Å². The molecule has 0 atom stereocenters. The van der Waals surface area contributed by atoms with Crippen LogP contribution >= 0.6 is 11.8 Å². The van der Waals surface area contributed by atoms with Gasteiger partial charge in [0.15, 0.2) is 11.0 Å². The molecule has 0 radical (unpaired) electrons. The highest BCUT2D eigenvalue weighted by atomic mass is 32.2. The third kappa shape index (κ3) is 6.38. The Balaban J connectivity index is 1.59. The number of thioether (sulfide) groups is 1. The molecule has 3 aromatic rings. The molecule has 0 fully saturated rings. The largest absolute Gasteiger partial charge is 0.345 e. The maximum atomic E-state index is 12.4. The second-order valence-corrected chi connectivity index (χ2v) is 8.17. The molecule has 1 heterocycles. The molecule has 0 bridgehead atoms. The summed E-state index contributed by atoms with van der Waals surface area (Å²) < 4.78 is 1.72. The van der Waals surface area contributed by atoms with E-state index in [9.17, 15) is 29.8 Å². The second-order valence-electron chi connectivity index (χ2n) is 7.23. The predicted molar refractivity (Wildman–Crippen MR) is 127 cm³/mol. The molecule has 0 unspecified atom stereocenters. The van der Waals surface area contributed by atoms with Crippen LogP contribution in [0.3, 0.4) is 0 Å². The van der Waals surface area contributed by atoms with Gasteiger partial charge in [-0.25, -0.2) is 0 Å². The number of benzene rings is 2. The predicted octanol–water partition coefficient (Wildman–Crippen LogP) is 3.08. The minimum absolute atomic E-state index is 0.0140. The van der Waals surface area contributed by atoms with E-state index in [1.807, 2.05) is 6.92 Å². The number of anilines is 1. The SMILES string of the molecule is CCn1c(CNC(=O)c2cccc([N+](=O)[O-])c2)nnc1SCC(=O)Nc1ccc(C)c([N+](=O)[O-])c1. The van der Waals surface area contributed by atoms with Crippen LogP contribution in [0.15, 0.2) is 47.6 Å². The van der Waals surface area contributed by atoms with Crippen LogP contribution in [0, 0.1) is 27.2 Å². The molecule has 2 aromatic carbocycles. The number of rotatable bonds is 10. The van der Waals surface area contributed by atoms with Crippen molar-refractivity contribution in [3.8, 4) is 0 Å². The summed E-state index contributed by atoms with van der Waals surface area (Å²) in [6, 6.07) is 9.82. The maximum Gasteiger partial charge on any atom is 0.274 e. The van der Waals surface area contributed by atoms with Gasteiger partial charge in [0.2, 0.25) is 5.91 Å². The summed E-state index contributed by atoms with van der Waals surface area (Å²) in [6.07, 6.45) is 0. The van der Waals surface area contributed by atoms with Crippen LogP contribution in [-0.2, 0) is 17.9 Å². The number of carbonyl (C=O) groups excluding carboxylic acids is 2. The summed E-state index contributed by atoms with van der Waals surface area (Å²) in [7, 11) is 0. The number of nitrogens with one attached hydrogen (secondary N) is 2. The molecule has 182 valence electrons. The number of carbonyl (C=O) groups is 2. The van der Waals surface area contributed by atoms with Crippen LogP contribution in [0.4, 0.5) is 17.1 Å². The summed E-state index contributed by atoms with van der Waals surface area (Å²) in [5, 5.41) is 35.9. The van der Waals surface area contributed by atoms with Crippen molar-refractivity contribution in [2.75, 3.05) is 11.1 Å². The van der Waals surface area contributed by atoms with Crippen molar-refractivity contribution in [3.05, 3.63) is 79.6 Å². The van der Waals surface area contributed by atoms with Gasteiger partial charge in [0, 0.05) is 41.6 Å². The summed E-state index contributed by atoms with van der Waals surface area (Å²) >= 11 is 1.13. The number of aromatic nitrogens is 3. The van der Waals surface area contributed by atoms with Crippen LogP contribution in [0.2, 0.25) is 0 Å². The third-order valence-electron chi connectivity index (χ3n) is 4.86. The standard InChI is InChI=1S/C21H21N7O6S/c1-3-26-18(11-22-20(30)14-5-4-6-16(9-14)27(31)32)24-25-21(26)35-12-19(29)23-15-8-7-13(2)17(10-15)28(33)34/h4-10H,3,11-12H2,1-2H3,(H,22,30)(H,23,29). The smallest absolute Gasteiger partial charge is 0.274 e. The Morgan fingerprint density at radius 3 is 2.54 bits per heavy atom. The van der Waals surface area contributed by atoms with Gasteiger partial charge in [0.25, 0.3) is 17.3 Å². The number of hydrogen-bond donors (Lipinski definition) is 2. The Hall–Kier alpha value is -4.33. The fraction of sp³-hybridized carbons (Fsp3) is 0.238. The highest BCUT2D eigenvalue weighted by molar-refractivity contribution is 7.99. The molecule has 2 amide bonds. The van der Waals surface area contributed by atoms with E-state index >= 15 is 0 Å². The first-order valence-electron chi connectivity index (χ1n) is 10.3. The first-order valence-corrected chi connectivity index (χ1v) is 11.3. The van der Waals surface area contributed by atoms with Crippen molar-refractivity contribution < 1.29 is 19.4 Å². The lowest BCUT2D eigenvalue weighted by Crippen LogP contribution is -2.25. The van der Waals surface area contributed by atoms with Gasteiger partial charge in [-0.05, 0) is 26.0 Å². The fourth-order valence-corrected chi connectivity index (χ4v) is 3.93.